The Morgan fingerprint density at radius 2 is 1.85 bits per heavy atom. The van der Waals surface area contributed by atoms with E-state index in [2.05, 4.69) is 4.74 Å². The third kappa shape index (κ3) is 3.12. The van der Waals surface area contributed by atoms with Crippen molar-refractivity contribution in [2.75, 3.05) is 6.61 Å². The number of hydrogen-bond acceptors (Lipinski definition) is 2. The van der Waals surface area contributed by atoms with E-state index in [1.54, 1.807) is 5.32 Å². The van der Waals surface area contributed by atoms with Crippen molar-refractivity contribution in [1.82, 2.24) is 5.32 Å². The highest BCUT2D eigenvalue weighted by atomic mass is 35.5. The highest BCUT2D eigenvalue weighted by Gasteiger charge is 2.49. The Morgan fingerprint density at radius 1 is 1.25 bits per heavy atom. The van der Waals surface area contributed by atoms with Gasteiger partial charge >= 0.3 is 18.2 Å². The van der Waals surface area contributed by atoms with Crippen molar-refractivity contribution in [2.45, 2.75) is 18.1 Å². The largest absolute Gasteiger partial charge is 0.443 e. The number of halogens is 6. The van der Waals surface area contributed by atoms with Crippen LogP contribution < -0.4 is 5.32 Å². The SMILES string of the molecule is Cl.O=C1N[C@@H](c2ccccc2C(F)(F)F)C(F)(F)CO1. The maximum atomic E-state index is 13.6. The molecule has 1 aliphatic heterocycles. The summed E-state index contributed by atoms with van der Waals surface area (Å²) in [6, 6.07) is 1.82. The number of hydrogen-bond donors (Lipinski definition) is 1. The van der Waals surface area contributed by atoms with Crippen LogP contribution in [0.1, 0.15) is 17.2 Å². The smallest absolute Gasteiger partial charge is 0.416 e. The molecule has 0 spiro atoms. The molecule has 1 atom stereocenters. The average Bonchev–Trinajstić information content (AvgIpc) is 2.31. The number of rotatable bonds is 1. The zero-order chi connectivity index (χ0) is 14.3. The van der Waals surface area contributed by atoms with Crippen LogP contribution in [0.4, 0.5) is 26.7 Å². The summed E-state index contributed by atoms with van der Waals surface area (Å²) in [6.45, 7) is -1.25. The van der Waals surface area contributed by atoms with E-state index >= 15 is 0 Å². The number of alkyl carbamates (subject to hydrolysis) is 1. The molecule has 0 aliphatic carbocycles. The van der Waals surface area contributed by atoms with E-state index < -0.39 is 42.0 Å². The van der Waals surface area contributed by atoms with Crippen LogP contribution in [-0.4, -0.2) is 18.6 Å². The van der Waals surface area contributed by atoms with Gasteiger partial charge in [-0.15, -0.1) is 12.4 Å². The Balaban J connectivity index is 0.00000200. The fraction of sp³-hybridized carbons (Fsp3) is 0.364. The van der Waals surface area contributed by atoms with Gasteiger partial charge < -0.3 is 10.1 Å². The molecule has 1 heterocycles. The summed E-state index contributed by atoms with van der Waals surface area (Å²) in [4.78, 5) is 10.9. The molecule has 112 valence electrons. The molecule has 1 aliphatic rings. The predicted octanol–water partition coefficient (Wildman–Crippen LogP) is 3.54. The first kappa shape index (κ1) is 16.5. The van der Waals surface area contributed by atoms with Crippen LogP contribution in [0.5, 0.6) is 0 Å². The standard InChI is InChI=1S/C11H8F5NO2.ClH/c12-10(13)5-19-9(18)17-8(10)6-3-1-2-4-7(6)11(14,15)16;/h1-4,8H,5H2,(H,17,18);1H/t8-;/m0./s1. The van der Waals surface area contributed by atoms with E-state index in [1.165, 1.54) is 6.07 Å². The van der Waals surface area contributed by atoms with Crippen LogP contribution in [0.25, 0.3) is 0 Å². The highest BCUT2D eigenvalue weighted by molar-refractivity contribution is 5.85. The fourth-order valence-corrected chi connectivity index (χ4v) is 1.82. The predicted molar refractivity (Wildman–Crippen MR) is 60.9 cm³/mol. The molecule has 0 saturated carbocycles. The molecule has 0 unspecified atom stereocenters. The molecule has 20 heavy (non-hydrogen) atoms. The van der Waals surface area contributed by atoms with Crippen LogP contribution in [0, 0.1) is 0 Å². The molecule has 3 nitrogen and oxygen atoms in total. The molecule has 1 aromatic rings. The normalized spacial score (nSPS) is 21.4. The van der Waals surface area contributed by atoms with Gasteiger partial charge in [0.1, 0.15) is 6.04 Å². The van der Waals surface area contributed by atoms with Gasteiger partial charge in [0, 0.05) is 0 Å². The van der Waals surface area contributed by atoms with Gasteiger partial charge in [-0.05, 0) is 11.6 Å². The van der Waals surface area contributed by atoms with Gasteiger partial charge in [0.15, 0.2) is 6.61 Å². The highest BCUT2D eigenvalue weighted by Crippen LogP contribution is 2.41. The second kappa shape index (κ2) is 5.43. The van der Waals surface area contributed by atoms with Crippen molar-refractivity contribution >= 4 is 18.5 Å². The number of amides is 1. The minimum atomic E-state index is -4.78. The molecule has 0 radical (unpaired) electrons. The Labute approximate surface area is 116 Å². The zero-order valence-corrected chi connectivity index (χ0v) is 10.5. The topological polar surface area (TPSA) is 38.3 Å². The van der Waals surface area contributed by atoms with Crippen molar-refractivity contribution < 1.29 is 31.5 Å². The minimum absolute atomic E-state index is 0. The van der Waals surface area contributed by atoms with E-state index in [0.717, 1.165) is 12.1 Å². The molecular formula is C11H9ClF5NO2. The zero-order valence-electron chi connectivity index (χ0n) is 9.71. The van der Waals surface area contributed by atoms with Gasteiger partial charge in [0.25, 0.3) is 0 Å². The molecule has 1 aromatic carbocycles. The van der Waals surface area contributed by atoms with E-state index in [9.17, 15) is 26.7 Å². The summed E-state index contributed by atoms with van der Waals surface area (Å²) in [6.07, 6.45) is -5.96. The van der Waals surface area contributed by atoms with Crippen molar-refractivity contribution in [3.63, 3.8) is 0 Å². The number of ether oxygens (including phenoxy) is 1. The maximum absolute atomic E-state index is 13.6. The molecule has 1 saturated heterocycles. The van der Waals surface area contributed by atoms with Gasteiger partial charge in [0.2, 0.25) is 0 Å². The summed E-state index contributed by atoms with van der Waals surface area (Å²) in [5.74, 6) is -3.62. The van der Waals surface area contributed by atoms with Crippen LogP contribution >= 0.6 is 12.4 Å². The number of carbonyl (C=O) groups excluding carboxylic acids is 1. The molecule has 1 N–H and O–H groups in total. The molecular weight excluding hydrogens is 309 g/mol. The molecule has 1 fully saturated rings. The lowest BCUT2D eigenvalue weighted by Gasteiger charge is -2.33. The Kier molecular flexibility index (Phi) is 4.48. The first-order valence-corrected chi connectivity index (χ1v) is 5.19. The lowest BCUT2D eigenvalue weighted by atomic mass is 9.95. The maximum Gasteiger partial charge on any atom is 0.416 e. The van der Waals surface area contributed by atoms with E-state index in [1.807, 2.05) is 0 Å². The summed E-state index contributed by atoms with van der Waals surface area (Å²) < 4.78 is 69.6. The Bertz CT molecular complexity index is 506. The molecule has 0 aromatic heterocycles. The Morgan fingerprint density at radius 3 is 2.45 bits per heavy atom. The molecule has 0 bridgehead atoms. The third-order valence-corrected chi connectivity index (χ3v) is 2.66. The van der Waals surface area contributed by atoms with Crippen molar-refractivity contribution in [1.29, 1.82) is 0 Å². The van der Waals surface area contributed by atoms with Crippen LogP contribution in [-0.2, 0) is 10.9 Å². The number of carbonyl (C=O) groups is 1. The quantitative estimate of drug-likeness (QED) is 0.805. The van der Waals surface area contributed by atoms with Crippen molar-refractivity contribution in [3.05, 3.63) is 35.4 Å². The van der Waals surface area contributed by atoms with E-state index in [0.29, 0.717) is 6.07 Å². The van der Waals surface area contributed by atoms with E-state index in [-0.39, 0.29) is 12.4 Å². The van der Waals surface area contributed by atoms with Crippen LogP contribution in [0.3, 0.4) is 0 Å². The van der Waals surface area contributed by atoms with Gasteiger partial charge in [-0.1, -0.05) is 18.2 Å². The second-order valence-corrected chi connectivity index (χ2v) is 4.00. The van der Waals surface area contributed by atoms with Gasteiger partial charge in [0.05, 0.1) is 5.56 Å². The number of cyclic esters (lactones) is 1. The monoisotopic (exact) mass is 317 g/mol. The van der Waals surface area contributed by atoms with Gasteiger partial charge in [-0.2, -0.15) is 13.2 Å². The van der Waals surface area contributed by atoms with Crippen molar-refractivity contribution in [3.8, 4) is 0 Å². The second-order valence-electron chi connectivity index (χ2n) is 4.00. The Hall–Kier alpha value is -1.57. The van der Waals surface area contributed by atoms with Crippen LogP contribution in [0.15, 0.2) is 24.3 Å². The summed E-state index contributed by atoms with van der Waals surface area (Å²) in [5.41, 5.74) is -1.89. The first-order valence-electron chi connectivity index (χ1n) is 5.19. The molecule has 1 amide bonds. The molecule has 2 rings (SSSR count). The van der Waals surface area contributed by atoms with Gasteiger partial charge in [-0.3, -0.25) is 0 Å². The summed E-state index contributed by atoms with van der Waals surface area (Å²) in [5, 5.41) is 1.72. The molecule has 9 heteroatoms. The fourth-order valence-electron chi connectivity index (χ4n) is 1.82. The summed E-state index contributed by atoms with van der Waals surface area (Å²) >= 11 is 0. The number of alkyl halides is 5. The number of benzene rings is 1. The third-order valence-electron chi connectivity index (χ3n) is 2.66. The lowest BCUT2D eigenvalue weighted by molar-refractivity contribution is -0.141. The van der Waals surface area contributed by atoms with Crippen molar-refractivity contribution in [2.24, 2.45) is 0 Å². The van der Waals surface area contributed by atoms with Crippen LogP contribution in [0.2, 0.25) is 0 Å². The first-order chi connectivity index (χ1) is 8.72. The average molecular weight is 318 g/mol. The summed E-state index contributed by atoms with van der Waals surface area (Å²) in [7, 11) is 0. The van der Waals surface area contributed by atoms with E-state index in [4.69, 9.17) is 0 Å². The number of nitrogens with one attached hydrogen (secondary N) is 1. The van der Waals surface area contributed by atoms with Gasteiger partial charge in [-0.25, -0.2) is 13.6 Å². The lowest BCUT2D eigenvalue weighted by Crippen LogP contribution is -2.50. The minimum Gasteiger partial charge on any atom is -0.443 e.